The molecule has 1 amide bonds. The maximum atomic E-state index is 12.5. The van der Waals surface area contributed by atoms with Crippen molar-refractivity contribution < 1.29 is 4.79 Å². The van der Waals surface area contributed by atoms with Crippen LogP contribution < -0.4 is 10.9 Å². The van der Waals surface area contributed by atoms with Crippen LogP contribution in [0.4, 0.5) is 0 Å². The van der Waals surface area contributed by atoms with Crippen molar-refractivity contribution in [3.05, 3.63) is 92.0 Å². The number of rotatable bonds is 4. The molecule has 2 aromatic heterocycles. The zero-order chi connectivity index (χ0) is 16.2. The van der Waals surface area contributed by atoms with Crippen LogP contribution in [-0.4, -0.2) is 10.9 Å². The number of pyridine rings is 1. The van der Waals surface area contributed by atoms with Gasteiger partial charge >= 0.3 is 0 Å². The van der Waals surface area contributed by atoms with Crippen molar-refractivity contribution in [2.24, 2.45) is 0 Å². The number of aromatic amines is 1. The summed E-state index contributed by atoms with van der Waals surface area (Å²) in [6.07, 6.45) is 0. The average Bonchev–Trinajstić information content (AvgIpc) is 3.07. The van der Waals surface area contributed by atoms with Crippen LogP contribution in [0.5, 0.6) is 0 Å². The molecular weight excluding hydrogens is 308 g/mol. The topological polar surface area (TPSA) is 62.0 Å². The van der Waals surface area contributed by atoms with Gasteiger partial charge in [-0.15, -0.1) is 11.3 Å². The summed E-state index contributed by atoms with van der Waals surface area (Å²) in [4.78, 5) is 28.2. The van der Waals surface area contributed by atoms with Crippen molar-refractivity contribution >= 4 is 17.2 Å². The summed E-state index contributed by atoms with van der Waals surface area (Å²) in [5, 5.41) is 4.93. The molecule has 0 spiro atoms. The first kappa shape index (κ1) is 15.2. The Morgan fingerprint density at radius 3 is 2.52 bits per heavy atom. The first-order chi connectivity index (χ1) is 11.1. The van der Waals surface area contributed by atoms with E-state index in [0.29, 0.717) is 0 Å². The van der Waals surface area contributed by atoms with E-state index < -0.39 is 0 Å². The summed E-state index contributed by atoms with van der Waals surface area (Å²) >= 11 is 1.57. The van der Waals surface area contributed by atoms with Gasteiger partial charge in [-0.2, -0.15) is 0 Å². The summed E-state index contributed by atoms with van der Waals surface area (Å²) in [6, 6.07) is 16.6. The molecule has 2 N–H and O–H groups in total. The highest BCUT2D eigenvalue weighted by Gasteiger charge is 2.20. The number of H-pyrrole nitrogens is 1. The van der Waals surface area contributed by atoms with Gasteiger partial charge in [-0.3, -0.25) is 9.59 Å². The second-order valence-electron chi connectivity index (χ2n) is 5.22. The number of hydrogen-bond donors (Lipinski definition) is 2. The van der Waals surface area contributed by atoms with Crippen LogP contribution in [0.3, 0.4) is 0 Å². The van der Waals surface area contributed by atoms with Crippen LogP contribution in [0.15, 0.2) is 64.8 Å². The fraction of sp³-hybridized carbons (Fsp3) is 0.111. The summed E-state index contributed by atoms with van der Waals surface area (Å²) in [6.45, 7) is 1.78. The van der Waals surface area contributed by atoms with E-state index in [-0.39, 0.29) is 23.1 Å². The van der Waals surface area contributed by atoms with Crippen LogP contribution >= 0.6 is 11.3 Å². The number of aromatic nitrogens is 1. The smallest absolute Gasteiger partial charge is 0.260 e. The monoisotopic (exact) mass is 324 g/mol. The van der Waals surface area contributed by atoms with Crippen molar-refractivity contribution in [3.8, 4) is 0 Å². The summed E-state index contributed by atoms with van der Waals surface area (Å²) in [5.74, 6) is -0.381. The normalized spacial score (nSPS) is 11.9. The van der Waals surface area contributed by atoms with Gasteiger partial charge in [-0.25, -0.2) is 0 Å². The predicted octanol–water partition coefficient (Wildman–Crippen LogP) is 3.26. The fourth-order valence-electron chi connectivity index (χ4n) is 2.38. The number of aryl methyl sites for hydroxylation is 1. The van der Waals surface area contributed by atoms with E-state index in [2.05, 4.69) is 10.3 Å². The summed E-state index contributed by atoms with van der Waals surface area (Å²) in [7, 11) is 0. The van der Waals surface area contributed by atoms with Gasteiger partial charge in [0.15, 0.2) is 0 Å². The molecule has 2 heterocycles. The van der Waals surface area contributed by atoms with Crippen LogP contribution in [-0.2, 0) is 0 Å². The average molecular weight is 324 g/mol. The second kappa shape index (κ2) is 6.62. The standard InChI is InChI=1S/C18H16N2O2S/c1-12-9-10-14(17(21)19-12)18(22)20-16(15-8-5-11-23-15)13-6-3-2-4-7-13/h2-11,16H,1H3,(H,19,21)(H,20,22)/t16-/m0/s1. The Balaban J connectivity index is 1.93. The van der Waals surface area contributed by atoms with Gasteiger partial charge in [0, 0.05) is 10.6 Å². The number of hydrogen-bond acceptors (Lipinski definition) is 3. The molecule has 1 atom stereocenters. The third-order valence-electron chi connectivity index (χ3n) is 3.54. The lowest BCUT2D eigenvalue weighted by Gasteiger charge is -2.18. The van der Waals surface area contributed by atoms with Gasteiger partial charge < -0.3 is 10.3 Å². The Morgan fingerprint density at radius 2 is 1.87 bits per heavy atom. The number of amides is 1. The first-order valence-electron chi connectivity index (χ1n) is 7.24. The van der Waals surface area contributed by atoms with E-state index in [1.54, 1.807) is 30.4 Å². The molecule has 0 aliphatic rings. The van der Waals surface area contributed by atoms with Gasteiger partial charge in [0.25, 0.3) is 11.5 Å². The largest absolute Gasteiger partial charge is 0.340 e. The van der Waals surface area contributed by atoms with Crippen molar-refractivity contribution in [1.82, 2.24) is 10.3 Å². The van der Waals surface area contributed by atoms with Gasteiger partial charge in [0.1, 0.15) is 5.56 Å². The number of benzene rings is 1. The van der Waals surface area contributed by atoms with Crippen molar-refractivity contribution in [1.29, 1.82) is 0 Å². The lowest BCUT2D eigenvalue weighted by atomic mass is 10.0. The molecular formula is C18H16N2O2S. The second-order valence-corrected chi connectivity index (χ2v) is 6.20. The Morgan fingerprint density at radius 1 is 1.09 bits per heavy atom. The number of carbonyl (C=O) groups excluding carboxylic acids is 1. The molecule has 3 aromatic rings. The zero-order valence-electron chi connectivity index (χ0n) is 12.6. The maximum Gasteiger partial charge on any atom is 0.260 e. The molecule has 0 saturated heterocycles. The Hall–Kier alpha value is -2.66. The van der Waals surface area contributed by atoms with E-state index in [1.807, 2.05) is 47.8 Å². The summed E-state index contributed by atoms with van der Waals surface area (Å²) < 4.78 is 0. The predicted molar refractivity (Wildman–Crippen MR) is 91.9 cm³/mol. The summed E-state index contributed by atoms with van der Waals surface area (Å²) in [5.41, 5.74) is 1.45. The maximum absolute atomic E-state index is 12.5. The van der Waals surface area contributed by atoms with E-state index in [9.17, 15) is 9.59 Å². The molecule has 1 aromatic carbocycles. The van der Waals surface area contributed by atoms with Crippen molar-refractivity contribution in [3.63, 3.8) is 0 Å². The molecule has 0 unspecified atom stereocenters. The van der Waals surface area contributed by atoms with E-state index in [4.69, 9.17) is 0 Å². The Labute approximate surface area is 137 Å². The highest BCUT2D eigenvalue weighted by molar-refractivity contribution is 7.10. The van der Waals surface area contributed by atoms with Crippen molar-refractivity contribution in [2.45, 2.75) is 13.0 Å². The molecule has 0 fully saturated rings. The Kier molecular flexibility index (Phi) is 4.39. The van der Waals surface area contributed by atoms with Gasteiger partial charge in [-0.1, -0.05) is 36.4 Å². The highest BCUT2D eigenvalue weighted by atomic mass is 32.1. The minimum Gasteiger partial charge on any atom is -0.340 e. The highest BCUT2D eigenvalue weighted by Crippen LogP contribution is 2.26. The molecule has 0 aliphatic heterocycles. The lowest BCUT2D eigenvalue weighted by Crippen LogP contribution is -2.33. The third-order valence-corrected chi connectivity index (χ3v) is 4.47. The van der Waals surface area contributed by atoms with Crippen LogP contribution in [0.1, 0.15) is 32.5 Å². The van der Waals surface area contributed by atoms with E-state index in [1.165, 1.54) is 0 Å². The lowest BCUT2D eigenvalue weighted by molar-refractivity contribution is 0.0942. The molecule has 116 valence electrons. The molecule has 5 heteroatoms. The SMILES string of the molecule is Cc1ccc(C(=O)N[C@@H](c2ccccc2)c2cccs2)c(=O)[nH]1. The molecule has 4 nitrogen and oxygen atoms in total. The first-order valence-corrected chi connectivity index (χ1v) is 8.12. The van der Waals surface area contributed by atoms with E-state index in [0.717, 1.165) is 16.1 Å². The third kappa shape index (κ3) is 3.40. The minimum absolute atomic E-state index is 0.119. The van der Waals surface area contributed by atoms with E-state index >= 15 is 0 Å². The molecule has 0 saturated carbocycles. The Bertz CT molecular complexity index is 854. The number of carbonyl (C=O) groups is 1. The number of thiophene rings is 1. The minimum atomic E-state index is -0.381. The van der Waals surface area contributed by atoms with Gasteiger partial charge in [0.05, 0.1) is 6.04 Å². The fourth-order valence-corrected chi connectivity index (χ4v) is 3.18. The van der Waals surface area contributed by atoms with Crippen molar-refractivity contribution in [2.75, 3.05) is 0 Å². The molecule has 3 rings (SSSR count). The molecule has 23 heavy (non-hydrogen) atoms. The van der Waals surface area contributed by atoms with Crippen LogP contribution in [0, 0.1) is 6.92 Å². The van der Waals surface area contributed by atoms with Crippen LogP contribution in [0.25, 0.3) is 0 Å². The quantitative estimate of drug-likeness (QED) is 0.774. The molecule has 0 bridgehead atoms. The van der Waals surface area contributed by atoms with Gasteiger partial charge in [0.2, 0.25) is 0 Å². The molecule has 0 aliphatic carbocycles. The number of nitrogens with one attached hydrogen (secondary N) is 2. The molecule has 0 radical (unpaired) electrons. The zero-order valence-corrected chi connectivity index (χ0v) is 13.4. The van der Waals surface area contributed by atoms with Crippen LogP contribution in [0.2, 0.25) is 0 Å². The van der Waals surface area contributed by atoms with Gasteiger partial charge in [-0.05, 0) is 36.1 Å².